The summed E-state index contributed by atoms with van der Waals surface area (Å²) in [5, 5.41) is 0. The third-order valence-corrected chi connectivity index (χ3v) is 2.98. The van der Waals surface area contributed by atoms with Crippen molar-refractivity contribution in [2.45, 2.75) is 59.3 Å². The second-order valence-corrected chi connectivity index (χ2v) is 4.37. The normalized spacial score (nSPS) is 12.5. The number of amides is 1. The molecule has 0 saturated heterocycles. The summed E-state index contributed by atoms with van der Waals surface area (Å²) in [7, 11) is 0. The average Bonchev–Trinajstić information content (AvgIpc) is 2.28. The molecule has 0 radical (unpaired) electrons. The fourth-order valence-corrected chi connectivity index (χ4v) is 1.80. The number of unbranched alkanes of at least 4 members (excludes halogenated alkanes) is 2. The van der Waals surface area contributed by atoms with Crippen molar-refractivity contribution in [3.63, 3.8) is 0 Å². The van der Waals surface area contributed by atoms with E-state index in [9.17, 15) is 4.79 Å². The van der Waals surface area contributed by atoms with Gasteiger partial charge in [-0.3, -0.25) is 4.79 Å². The van der Waals surface area contributed by atoms with Crippen LogP contribution in [0.5, 0.6) is 0 Å². The van der Waals surface area contributed by atoms with Crippen LogP contribution in [0.2, 0.25) is 0 Å². The maximum absolute atomic E-state index is 10.9. The van der Waals surface area contributed by atoms with E-state index in [4.69, 9.17) is 0 Å². The van der Waals surface area contributed by atoms with Gasteiger partial charge in [0.1, 0.15) is 0 Å². The molecule has 0 aliphatic carbocycles. The Morgan fingerprint density at radius 3 is 2.27 bits per heavy atom. The Morgan fingerprint density at radius 2 is 1.80 bits per heavy atom. The van der Waals surface area contributed by atoms with E-state index in [0.29, 0.717) is 5.92 Å². The largest absolute Gasteiger partial charge is 0.345 e. The van der Waals surface area contributed by atoms with Crippen molar-refractivity contribution in [2.75, 3.05) is 13.1 Å². The van der Waals surface area contributed by atoms with Crippen LogP contribution in [0.4, 0.5) is 0 Å². The van der Waals surface area contributed by atoms with E-state index in [0.717, 1.165) is 32.3 Å². The maximum atomic E-state index is 10.9. The van der Waals surface area contributed by atoms with E-state index in [2.05, 4.69) is 20.8 Å². The van der Waals surface area contributed by atoms with Crippen LogP contribution in [-0.4, -0.2) is 24.4 Å². The highest BCUT2D eigenvalue weighted by atomic mass is 16.1. The molecule has 0 saturated carbocycles. The van der Waals surface area contributed by atoms with Gasteiger partial charge in [0.15, 0.2) is 0 Å². The van der Waals surface area contributed by atoms with Gasteiger partial charge >= 0.3 is 0 Å². The minimum absolute atomic E-state index is 0.701. The van der Waals surface area contributed by atoms with E-state index < -0.39 is 0 Å². The van der Waals surface area contributed by atoms with Gasteiger partial charge in [-0.05, 0) is 18.8 Å². The van der Waals surface area contributed by atoms with Crippen LogP contribution in [0.15, 0.2) is 0 Å². The summed E-state index contributed by atoms with van der Waals surface area (Å²) in [6, 6.07) is 0. The van der Waals surface area contributed by atoms with Gasteiger partial charge in [-0.1, -0.05) is 46.5 Å². The number of carbonyl (C=O) groups excluding carboxylic acids is 1. The van der Waals surface area contributed by atoms with Crippen LogP contribution < -0.4 is 0 Å². The number of hydrogen-bond acceptors (Lipinski definition) is 1. The molecule has 1 atom stereocenters. The Kier molecular flexibility index (Phi) is 9.65. The molecular formula is C13H27NO. The zero-order valence-electron chi connectivity index (χ0n) is 10.7. The second kappa shape index (κ2) is 10.0. The van der Waals surface area contributed by atoms with E-state index >= 15 is 0 Å². The summed E-state index contributed by atoms with van der Waals surface area (Å²) < 4.78 is 0. The Hall–Kier alpha value is -0.530. The molecule has 2 heteroatoms. The van der Waals surface area contributed by atoms with E-state index in [1.165, 1.54) is 25.7 Å². The van der Waals surface area contributed by atoms with Gasteiger partial charge in [-0.15, -0.1) is 0 Å². The van der Waals surface area contributed by atoms with Crippen LogP contribution in [0.1, 0.15) is 59.3 Å². The van der Waals surface area contributed by atoms with Crippen LogP contribution in [0.3, 0.4) is 0 Å². The summed E-state index contributed by atoms with van der Waals surface area (Å²) in [5.74, 6) is 0.701. The zero-order valence-corrected chi connectivity index (χ0v) is 10.7. The Labute approximate surface area is 95.0 Å². The molecule has 0 bridgehead atoms. The molecule has 0 heterocycles. The van der Waals surface area contributed by atoms with Crippen LogP contribution in [0.25, 0.3) is 0 Å². The second-order valence-electron chi connectivity index (χ2n) is 4.37. The highest BCUT2D eigenvalue weighted by Crippen LogP contribution is 2.13. The van der Waals surface area contributed by atoms with Gasteiger partial charge in [-0.25, -0.2) is 0 Å². The predicted molar refractivity (Wildman–Crippen MR) is 65.9 cm³/mol. The SMILES string of the molecule is CCCCC(CC)CN(C=O)CCCC. The quantitative estimate of drug-likeness (QED) is 0.509. The lowest BCUT2D eigenvalue weighted by atomic mass is 9.99. The third-order valence-electron chi connectivity index (χ3n) is 2.98. The van der Waals surface area contributed by atoms with Crippen molar-refractivity contribution >= 4 is 6.41 Å². The van der Waals surface area contributed by atoms with Gasteiger partial charge in [0.05, 0.1) is 0 Å². The van der Waals surface area contributed by atoms with Crippen LogP contribution in [0, 0.1) is 5.92 Å². The van der Waals surface area contributed by atoms with Gasteiger partial charge < -0.3 is 4.90 Å². The molecule has 0 aliphatic rings. The minimum atomic E-state index is 0.701. The molecule has 1 unspecified atom stereocenters. The van der Waals surface area contributed by atoms with Gasteiger partial charge in [-0.2, -0.15) is 0 Å². The van der Waals surface area contributed by atoms with E-state index in [1.54, 1.807) is 0 Å². The number of carbonyl (C=O) groups is 1. The Balaban J connectivity index is 3.82. The molecule has 0 aliphatic heterocycles. The van der Waals surface area contributed by atoms with Crippen molar-refractivity contribution < 1.29 is 4.79 Å². The van der Waals surface area contributed by atoms with Crippen molar-refractivity contribution in [2.24, 2.45) is 5.92 Å². The lowest BCUT2D eigenvalue weighted by Crippen LogP contribution is -2.29. The molecule has 0 aromatic heterocycles. The van der Waals surface area contributed by atoms with Gasteiger partial charge in [0.2, 0.25) is 6.41 Å². The molecule has 1 amide bonds. The van der Waals surface area contributed by atoms with Crippen LogP contribution >= 0.6 is 0 Å². The molecule has 0 aromatic carbocycles. The standard InChI is InChI=1S/C13H27NO/c1-4-7-9-13(6-3)11-14(12-15)10-8-5-2/h12-13H,4-11H2,1-3H3. The maximum Gasteiger partial charge on any atom is 0.209 e. The first-order valence-corrected chi connectivity index (χ1v) is 6.47. The lowest BCUT2D eigenvalue weighted by molar-refractivity contribution is -0.118. The lowest BCUT2D eigenvalue weighted by Gasteiger charge is -2.23. The first-order valence-electron chi connectivity index (χ1n) is 6.47. The highest BCUT2D eigenvalue weighted by molar-refractivity contribution is 5.46. The first kappa shape index (κ1) is 14.5. The third kappa shape index (κ3) is 7.40. The van der Waals surface area contributed by atoms with Crippen LogP contribution in [-0.2, 0) is 4.79 Å². The van der Waals surface area contributed by atoms with Crippen molar-refractivity contribution in [3.8, 4) is 0 Å². The summed E-state index contributed by atoms with van der Waals surface area (Å²) >= 11 is 0. The summed E-state index contributed by atoms with van der Waals surface area (Å²) in [6.45, 7) is 8.50. The van der Waals surface area contributed by atoms with Crippen molar-refractivity contribution in [3.05, 3.63) is 0 Å². The minimum Gasteiger partial charge on any atom is -0.345 e. The molecule has 0 aromatic rings. The molecule has 0 rings (SSSR count). The highest BCUT2D eigenvalue weighted by Gasteiger charge is 2.10. The van der Waals surface area contributed by atoms with Gasteiger partial charge in [0.25, 0.3) is 0 Å². The fraction of sp³-hybridized carbons (Fsp3) is 0.923. The van der Waals surface area contributed by atoms with E-state index in [1.807, 2.05) is 4.90 Å². The number of nitrogens with zero attached hydrogens (tertiary/aromatic N) is 1. The van der Waals surface area contributed by atoms with Crippen molar-refractivity contribution in [1.82, 2.24) is 4.90 Å². The molecule has 0 spiro atoms. The summed E-state index contributed by atoms with van der Waals surface area (Å²) in [5.41, 5.74) is 0. The summed E-state index contributed by atoms with van der Waals surface area (Å²) in [4.78, 5) is 12.8. The smallest absolute Gasteiger partial charge is 0.209 e. The molecule has 0 N–H and O–H groups in total. The average molecular weight is 213 g/mol. The van der Waals surface area contributed by atoms with E-state index in [-0.39, 0.29) is 0 Å². The zero-order chi connectivity index (χ0) is 11.5. The Bertz CT molecular complexity index is 147. The van der Waals surface area contributed by atoms with Gasteiger partial charge in [0, 0.05) is 13.1 Å². The summed E-state index contributed by atoms with van der Waals surface area (Å²) in [6.07, 6.45) is 8.31. The molecule has 2 nitrogen and oxygen atoms in total. The number of rotatable bonds is 10. The topological polar surface area (TPSA) is 20.3 Å². The predicted octanol–water partition coefficient (Wildman–Crippen LogP) is 3.46. The molecular weight excluding hydrogens is 186 g/mol. The molecule has 15 heavy (non-hydrogen) atoms. The molecule has 0 fully saturated rings. The van der Waals surface area contributed by atoms with Crippen molar-refractivity contribution in [1.29, 1.82) is 0 Å². The number of hydrogen-bond donors (Lipinski definition) is 0. The first-order chi connectivity index (χ1) is 7.28. The Morgan fingerprint density at radius 1 is 1.13 bits per heavy atom. The molecule has 90 valence electrons. The monoisotopic (exact) mass is 213 g/mol. The fourth-order valence-electron chi connectivity index (χ4n) is 1.80.